The minimum absolute atomic E-state index is 0.136. The van der Waals surface area contributed by atoms with Crippen LogP contribution in [0, 0.1) is 0 Å². The number of hydrogen-bond acceptors (Lipinski definition) is 4. The van der Waals surface area contributed by atoms with E-state index in [0.29, 0.717) is 24.5 Å². The standard InChI is InChI=1S/C20H25BrN2O4S/c1-3-13-23(14-4-2)28(25,26)19-11-7-17(8-12-19)22-20(24)15-27-18-9-5-16(21)6-10-18/h5-12H,3-4,13-15H2,1-2H3,(H,22,24). The normalized spacial score (nSPS) is 11.4. The Morgan fingerprint density at radius 1 is 1.00 bits per heavy atom. The van der Waals surface area contributed by atoms with Crippen molar-refractivity contribution in [2.75, 3.05) is 25.0 Å². The molecule has 0 aliphatic carbocycles. The van der Waals surface area contributed by atoms with Crippen LogP contribution in [0.1, 0.15) is 26.7 Å². The fraction of sp³-hybridized carbons (Fsp3) is 0.350. The van der Waals surface area contributed by atoms with Gasteiger partial charge in [-0.25, -0.2) is 8.42 Å². The molecule has 0 atom stereocenters. The number of halogens is 1. The predicted molar refractivity (Wildman–Crippen MR) is 114 cm³/mol. The van der Waals surface area contributed by atoms with Gasteiger partial charge in [0.15, 0.2) is 6.61 Å². The molecule has 0 aromatic heterocycles. The number of benzene rings is 2. The lowest BCUT2D eigenvalue weighted by Gasteiger charge is -2.21. The Kier molecular flexibility index (Phi) is 8.47. The molecule has 0 unspecified atom stereocenters. The molecule has 28 heavy (non-hydrogen) atoms. The van der Waals surface area contributed by atoms with E-state index in [1.165, 1.54) is 16.4 Å². The van der Waals surface area contributed by atoms with Crippen LogP contribution in [0.2, 0.25) is 0 Å². The van der Waals surface area contributed by atoms with E-state index in [9.17, 15) is 13.2 Å². The van der Waals surface area contributed by atoms with E-state index in [4.69, 9.17) is 4.74 Å². The summed E-state index contributed by atoms with van der Waals surface area (Å²) in [5.74, 6) is 0.267. The molecule has 0 bridgehead atoms. The predicted octanol–water partition coefficient (Wildman–Crippen LogP) is 4.28. The molecule has 0 aliphatic rings. The van der Waals surface area contributed by atoms with E-state index in [1.807, 2.05) is 26.0 Å². The first-order chi connectivity index (χ1) is 13.4. The van der Waals surface area contributed by atoms with Crippen molar-refractivity contribution < 1.29 is 17.9 Å². The highest BCUT2D eigenvalue weighted by atomic mass is 79.9. The van der Waals surface area contributed by atoms with Crippen molar-refractivity contribution in [2.45, 2.75) is 31.6 Å². The molecule has 0 aliphatic heterocycles. The summed E-state index contributed by atoms with van der Waals surface area (Å²) >= 11 is 3.33. The van der Waals surface area contributed by atoms with Crippen molar-refractivity contribution in [3.8, 4) is 5.75 Å². The summed E-state index contributed by atoms with van der Waals surface area (Å²) in [6.07, 6.45) is 1.51. The maximum absolute atomic E-state index is 12.7. The third kappa shape index (κ3) is 6.32. The molecule has 0 radical (unpaired) electrons. The van der Waals surface area contributed by atoms with E-state index in [0.717, 1.165) is 17.3 Å². The minimum atomic E-state index is -3.53. The topological polar surface area (TPSA) is 75.7 Å². The number of anilines is 1. The first-order valence-corrected chi connectivity index (χ1v) is 11.4. The largest absolute Gasteiger partial charge is 0.484 e. The fourth-order valence-corrected chi connectivity index (χ4v) is 4.48. The van der Waals surface area contributed by atoms with Gasteiger partial charge in [-0.15, -0.1) is 0 Å². The second-order valence-corrected chi connectivity index (χ2v) is 9.07. The van der Waals surface area contributed by atoms with E-state index in [2.05, 4.69) is 21.2 Å². The first-order valence-electron chi connectivity index (χ1n) is 9.15. The van der Waals surface area contributed by atoms with Crippen LogP contribution in [-0.4, -0.2) is 38.3 Å². The van der Waals surface area contributed by atoms with Gasteiger partial charge in [-0.3, -0.25) is 4.79 Å². The SMILES string of the molecule is CCCN(CCC)S(=O)(=O)c1ccc(NC(=O)COc2ccc(Br)cc2)cc1. The zero-order valence-electron chi connectivity index (χ0n) is 16.0. The van der Waals surface area contributed by atoms with Crippen LogP contribution in [0.5, 0.6) is 5.75 Å². The highest BCUT2D eigenvalue weighted by Crippen LogP contribution is 2.20. The van der Waals surface area contributed by atoms with Gasteiger partial charge in [0.05, 0.1) is 4.90 Å². The Hall–Kier alpha value is -1.90. The number of rotatable bonds is 10. The summed E-state index contributed by atoms with van der Waals surface area (Å²) in [7, 11) is -3.53. The van der Waals surface area contributed by atoms with E-state index >= 15 is 0 Å². The van der Waals surface area contributed by atoms with Crippen molar-refractivity contribution in [3.63, 3.8) is 0 Å². The van der Waals surface area contributed by atoms with Crippen LogP contribution in [0.25, 0.3) is 0 Å². The van der Waals surface area contributed by atoms with Gasteiger partial charge in [0, 0.05) is 23.2 Å². The van der Waals surface area contributed by atoms with Crippen LogP contribution >= 0.6 is 15.9 Å². The summed E-state index contributed by atoms with van der Waals surface area (Å²) in [6.45, 7) is 4.74. The van der Waals surface area contributed by atoms with Gasteiger partial charge >= 0.3 is 0 Å². The van der Waals surface area contributed by atoms with Gasteiger partial charge in [0.2, 0.25) is 10.0 Å². The van der Waals surface area contributed by atoms with Crippen LogP contribution in [0.4, 0.5) is 5.69 Å². The number of carbonyl (C=O) groups is 1. The summed E-state index contributed by atoms with van der Waals surface area (Å²) in [6, 6.07) is 13.4. The Bertz CT molecular complexity index is 862. The second-order valence-electron chi connectivity index (χ2n) is 6.22. The summed E-state index contributed by atoms with van der Waals surface area (Å²) in [4.78, 5) is 12.3. The Morgan fingerprint density at radius 3 is 2.11 bits per heavy atom. The van der Waals surface area contributed by atoms with Crippen molar-refractivity contribution in [1.29, 1.82) is 0 Å². The molecule has 0 saturated heterocycles. The Labute approximate surface area is 175 Å². The fourth-order valence-electron chi connectivity index (χ4n) is 2.59. The Morgan fingerprint density at radius 2 is 1.57 bits per heavy atom. The van der Waals surface area contributed by atoms with Crippen molar-refractivity contribution in [1.82, 2.24) is 4.31 Å². The molecule has 1 N–H and O–H groups in total. The molecule has 0 heterocycles. The number of nitrogens with zero attached hydrogens (tertiary/aromatic N) is 1. The molecule has 2 aromatic carbocycles. The molecular formula is C20H25BrN2O4S. The van der Waals surface area contributed by atoms with Crippen molar-refractivity contribution >= 4 is 37.5 Å². The molecule has 0 fully saturated rings. The number of hydrogen-bond donors (Lipinski definition) is 1. The van der Waals surface area contributed by atoms with E-state index in [1.54, 1.807) is 24.3 Å². The molecule has 2 rings (SSSR count). The second kappa shape index (κ2) is 10.6. The third-order valence-corrected chi connectivity index (χ3v) is 6.35. The smallest absolute Gasteiger partial charge is 0.262 e. The zero-order chi connectivity index (χ0) is 20.6. The van der Waals surface area contributed by atoms with Crippen LogP contribution < -0.4 is 10.1 Å². The Balaban J connectivity index is 1.97. The molecule has 152 valence electrons. The molecule has 2 aromatic rings. The number of nitrogens with one attached hydrogen (secondary N) is 1. The average molecular weight is 469 g/mol. The zero-order valence-corrected chi connectivity index (χ0v) is 18.4. The van der Waals surface area contributed by atoms with Crippen LogP contribution in [0.3, 0.4) is 0 Å². The maximum atomic E-state index is 12.7. The summed E-state index contributed by atoms with van der Waals surface area (Å²) in [5, 5.41) is 2.70. The lowest BCUT2D eigenvalue weighted by Crippen LogP contribution is -2.32. The third-order valence-electron chi connectivity index (χ3n) is 3.91. The molecule has 6 nitrogen and oxygen atoms in total. The summed E-state index contributed by atoms with van der Waals surface area (Å²) < 4.78 is 33.3. The lowest BCUT2D eigenvalue weighted by molar-refractivity contribution is -0.118. The highest BCUT2D eigenvalue weighted by molar-refractivity contribution is 9.10. The number of ether oxygens (including phenoxy) is 1. The van der Waals surface area contributed by atoms with Gasteiger partial charge < -0.3 is 10.1 Å². The van der Waals surface area contributed by atoms with Crippen molar-refractivity contribution in [3.05, 3.63) is 53.0 Å². The van der Waals surface area contributed by atoms with Crippen molar-refractivity contribution in [2.24, 2.45) is 0 Å². The molecule has 0 saturated carbocycles. The monoisotopic (exact) mass is 468 g/mol. The van der Waals surface area contributed by atoms with Gasteiger partial charge in [-0.05, 0) is 61.4 Å². The number of carbonyl (C=O) groups excluding carboxylic acids is 1. The van der Waals surface area contributed by atoms with E-state index < -0.39 is 10.0 Å². The molecule has 1 amide bonds. The van der Waals surface area contributed by atoms with Gasteiger partial charge in [-0.2, -0.15) is 4.31 Å². The van der Waals surface area contributed by atoms with Gasteiger partial charge in [0.1, 0.15) is 5.75 Å². The molecular weight excluding hydrogens is 444 g/mol. The number of amides is 1. The van der Waals surface area contributed by atoms with Crippen LogP contribution in [0.15, 0.2) is 57.9 Å². The summed E-state index contributed by atoms with van der Waals surface area (Å²) in [5.41, 5.74) is 0.515. The van der Waals surface area contributed by atoms with Gasteiger partial charge in [0.25, 0.3) is 5.91 Å². The van der Waals surface area contributed by atoms with Crippen LogP contribution in [-0.2, 0) is 14.8 Å². The number of sulfonamides is 1. The van der Waals surface area contributed by atoms with E-state index in [-0.39, 0.29) is 17.4 Å². The maximum Gasteiger partial charge on any atom is 0.262 e. The average Bonchev–Trinajstić information content (AvgIpc) is 2.68. The first kappa shape index (κ1) is 22.4. The minimum Gasteiger partial charge on any atom is -0.484 e. The molecule has 8 heteroatoms. The lowest BCUT2D eigenvalue weighted by atomic mass is 10.3. The quantitative estimate of drug-likeness (QED) is 0.564. The highest BCUT2D eigenvalue weighted by Gasteiger charge is 2.22. The molecule has 0 spiro atoms. The van der Waals surface area contributed by atoms with Gasteiger partial charge in [-0.1, -0.05) is 29.8 Å².